The van der Waals surface area contributed by atoms with Crippen molar-refractivity contribution in [1.29, 1.82) is 0 Å². The predicted molar refractivity (Wildman–Crippen MR) is 126 cm³/mol. The predicted octanol–water partition coefficient (Wildman–Crippen LogP) is 5.80. The summed E-state index contributed by atoms with van der Waals surface area (Å²) in [7, 11) is 1.36. The summed E-state index contributed by atoms with van der Waals surface area (Å²) in [6.07, 6.45) is 0.793. The lowest BCUT2D eigenvalue weighted by Gasteiger charge is -2.15. The molecule has 0 aliphatic rings. The van der Waals surface area contributed by atoms with E-state index in [9.17, 15) is 4.79 Å². The third kappa shape index (κ3) is 4.46. The number of ether oxygens (including phenoxy) is 2. The van der Waals surface area contributed by atoms with E-state index in [-0.39, 0.29) is 5.69 Å². The van der Waals surface area contributed by atoms with Gasteiger partial charge in [0.15, 0.2) is 11.4 Å². The Hall–Kier alpha value is -2.93. The maximum Gasteiger partial charge on any atom is 0.360 e. The fourth-order valence-electron chi connectivity index (χ4n) is 3.35. The Morgan fingerprint density at radius 3 is 2.20 bits per heavy atom. The minimum absolute atomic E-state index is 0.196. The van der Waals surface area contributed by atoms with E-state index in [4.69, 9.17) is 9.47 Å². The molecule has 0 amide bonds. The molecular weight excluding hydrogens is 489 g/mol. The van der Waals surface area contributed by atoms with Crippen molar-refractivity contribution in [1.82, 2.24) is 4.98 Å². The number of methoxy groups -OCH3 is 1. The molecule has 0 saturated heterocycles. The minimum atomic E-state index is -0.508. The summed E-state index contributed by atoms with van der Waals surface area (Å²) in [5, 5.41) is 1.81. The zero-order valence-corrected chi connectivity index (χ0v) is 18.6. The summed E-state index contributed by atoms with van der Waals surface area (Å²) in [5.41, 5.74) is 3.57. The Balaban J connectivity index is 1.80. The average molecular weight is 509 g/mol. The van der Waals surface area contributed by atoms with Crippen molar-refractivity contribution in [3.05, 3.63) is 105 Å². The topological polar surface area (TPSA) is 48.4 Å². The van der Waals surface area contributed by atoms with Gasteiger partial charge in [0.2, 0.25) is 0 Å². The highest BCUT2D eigenvalue weighted by Crippen LogP contribution is 2.34. The number of carbonyl (C=O) groups is 1. The first-order valence-electron chi connectivity index (χ1n) is 9.57. The number of halogens is 1. The minimum Gasteiger partial charge on any atom is -0.486 e. The number of hydrogen-bond acceptors (Lipinski definition) is 4. The van der Waals surface area contributed by atoms with Crippen molar-refractivity contribution in [2.45, 2.75) is 13.0 Å². The number of pyridine rings is 1. The monoisotopic (exact) mass is 509 g/mol. The Bertz CT molecular complexity index is 1180. The molecule has 0 spiro atoms. The van der Waals surface area contributed by atoms with E-state index in [1.54, 1.807) is 0 Å². The van der Waals surface area contributed by atoms with Crippen LogP contribution in [0.1, 0.15) is 27.2 Å². The highest BCUT2D eigenvalue weighted by atomic mass is 127. The quantitative estimate of drug-likeness (QED) is 0.188. The Morgan fingerprint density at radius 2 is 1.53 bits per heavy atom. The highest BCUT2D eigenvalue weighted by Gasteiger charge is 2.21. The summed E-state index contributed by atoms with van der Waals surface area (Å²) in [6.45, 7) is 0.338. The largest absolute Gasteiger partial charge is 0.486 e. The molecule has 0 saturated carbocycles. The molecule has 0 aliphatic carbocycles. The first-order valence-corrected chi connectivity index (χ1v) is 10.6. The number of esters is 1. The van der Waals surface area contributed by atoms with Crippen LogP contribution in [0.5, 0.6) is 5.75 Å². The summed E-state index contributed by atoms with van der Waals surface area (Å²) in [5.74, 6) is -0.0534. The third-order valence-corrected chi connectivity index (χ3v) is 5.65. The zero-order valence-electron chi connectivity index (χ0n) is 16.5. The molecule has 1 heterocycles. The van der Waals surface area contributed by atoms with Gasteiger partial charge < -0.3 is 9.47 Å². The van der Waals surface area contributed by atoms with Crippen LogP contribution in [0, 0.1) is 3.70 Å². The van der Waals surface area contributed by atoms with Gasteiger partial charge in [-0.3, -0.25) is 0 Å². The van der Waals surface area contributed by atoms with Gasteiger partial charge in [0.25, 0.3) is 0 Å². The van der Waals surface area contributed by atoms with Crippen LogP contribution in [-0.4, -0.2) is 18.1 Å². The van der Waals surface area contributed by atoms with Gasteiger partial charge >= 0.3 is 5.97 Å². The lowest BCUT2D eigenvalue weighted by Crippen LogP contribution is -2.10. The second kappa shape index (κ2) is 9.26. The fourth-order valence-corrected chi connectivity index (χ4v) is 4.06. The maximum atomic E-state index is 12.4. The molecule has 0 atom stereocenters. The molecule has 5 heteroatoms. The first kappa shape index (κ1) is 20.3. The van der Waals surface area contributed by atoms with Gasteiger partial charge in [0.1, 0.15) is 10.3 Å². The lowest BCUT2D eigenvalue weighted by molar-refractivity contribution is 0.0588. The van der Waals surface area contributed by atoms with Gasteiger partial charge in [-0.25, -0.2) is 9.78 Å². The zero-order chi connectivity index (χ0) is 20.9. The molecule has 0 unspecified atom stereocenters. The molecule has 4 aromatic rings. The van der Waals surface area contributed by atoms with Crippen LogP contribution < -0.4 is 4.74 Å². The van der Waals surface area contributed by atoms with Crippen LogP contribution in [0.3, 0.4) is 0 Å². The van der Waals surface area contributed by atoms with Gasteiger partial charge in [0.05, 0.1) is 7.11 Å². The second-order valence-electron chi connectivity index (χ2n) is 6.89. The summed E-state index contributed by atoms with van der Waals surface area (Å²) >= 11 is 2.15. The van der Waals surface area contributed by atoms with Crippen LogP contribution in [0.25, 0.3) is 10.8 Å². The number of aromatic nitrogens is 1. The summed E-state index contributed by atoms with van der Waals surface area (Å²) in [4.78, 5) is 16.9. The normalized spacial score (nSPS) is 10.7. The average Bonchev–Trinajstić information content (AvgIpc) is 2.79. The smallest absolute Gasteiger partial charge is 0.360 e. The van der Waals surface area contributed by atoms with Crippen molar-refractivity contribution in [3.8, 4) is 5.75 Å². The van der Waals surface area contributed by atoms with Crippen molar-refractivity contribution < 1.29 is 14.3 Å². The van der Waals surface area contributed by atoms with E-state index in [1.807, 2.05) is 54.6 Å². The Labute approximate surface area is 189 Å². The van der Waals surface area contributed by atoms with E-state index in [1.165, 1.54) is 12.7 Å². The number of hydrogen-bond donors (Lipinski definition) is 0. The van der Waals surface area contributed by atoms with E-state index in [2.05, 4.69) is 51.8 Å². The molecule has 0 bridgehead atoms. The number of carbonyl (C=O) groups excluding carboxylic acids is 1. The third-order valence-electron chi connectivity index (χ3n) is 4.83. The highest BCUT2D eigenvalue weighted by molar-refractivity contribution is 14.1. The molecule has 0 fully saturated rings. The molecule has 3 aromatic carbocycles. The molecule has 0 N–H and O–H groups in total. The van der Waals surface area contributed by atoms with Gasteiger partial charge in [-0.2, -0.15) is 0 Å². The van der Waals surface area contributed by atoms with E-state index >= 15 is 0 Å². The SMILES string of the molecule is COC(=O)c1nc(I)c2ccc(Cc3ccccc3)cc2c1OCc1ccccc1. The fraction of sp³-hybridized carbons (Fsp3) is 0.120. The van der Waals surface area contributed by atoms with Crippen molar-refractivity contribution in [3.63, 3.8) is 0 Å². The van der Waals surface area contributed by atoms with E-state index in [0.717, 1.165) is 32.0 Å². The molecular formula is C25H20INO3. The Kier molecular flexibility index (Phi) is 6.28. The molecule has 1 aromatic heterocycles. The van der Waals surface area contributed by atoms with Crippen molar-refractivity contribution in [2.24, 2.45) is 0 Å². The Morgan fingerprint density at radius 1 is 0.867 bits per heavy atom. The molecule has 4 rings (SSSR count). The first-order chi connectivity index (χ1) is 14.7. The van der Waals surface area contributed by atoms with E-state index < -0.39 is 5.97 Å². The number of benzene rings is 3. The molecule has 30 heavy (non-hydrogen) atoms. The van der Waals surface area contributed by atoms with Gasteiger partial charge in [-0.1, -0.05) is 72.8 Å². The summed E-state index contributed by atoms with van der Waals surface area (Å²) in [6, 6.07) is 26.4. The second-order valence-corrected chi connectivity index (χ2v) is 7.91. The molecule has 0 aliphatic heterocycles. The van der Waals surface area contributed by atoms with Crippen LogP contribution in [0.2, 0.25) is 0 Å². The van der Waals surface area contributed by atoms with Crippen molar-refractivity contribution >= 4 is 39.3 Å². The van der Waals surface area contributed by atoms with Crippen LogP contribution in [0.4, 0.5) is 0 Å². The van der Waals surface area contributed by atoms with Gasteiger partial charge in [0, 0.05) is 10.8 Å². The van der Waals surface area contributed by atoms with Crippen LogP contribution in [0.15, 0.2) is 78.9 Å². The van der Waals surface area contributed by atoms with Gasteiger partial charge in [-0.15, -0.1) is 0 Å². The summed E-state index contributed by atoms with van der Waals surface area (Å²) < 4.78 is 11.9. The van der Waals surface area contributed by atoms with E-state index in [0.29, 0.717) is 12.4 Å². The number of nitrogens with zero attached hydrogens (tertiary/aromatic N) is 1. The van der Waals surface area contributed by atoms with Gasteiger partial charge in [-0.05, 0) is 51.8 Å². The number of fused-ring (bicyclic) bond motifs is 1. The van der Waals surface area contributed by atoms with Crippen molar-refractivity contribution in [2.75, 3.05) is 7.11 Å². The lowest BCUT2D eigenvalue weighted by atomic mass is 10.0. The van der Waals surface area contributed by atoms with Crippen LogP contribution >= 0.6 is 22.6 Å². The van der Waals surface area contributed by atoms with Crippen LogP contribution in [-0.2, 0) is 17.8 Å². The maximum absolute atomic E-state index is 12.4. The standard InChI is InChI=1S/C25H20INO3/c1-29-25(28)22-23(30-16-18-10-6-3-7-11-18)21-15-19(12-13-20(21)24(26)27-22)14-17-8-4-2-5-9-17/h2-13,15H,14,16H2,1H3. The molecule has 0 radical (unpaired) electrons. The number of rotatable bonds is 6. The molecule has 4 nitrogen and oxygen atoms in total. The molecule has 150 valence electrons.